The molecule has 20 heavy (non-hydrogen) atoms. The molecule has 0 saturated carbocycles. The fourth-order valence-corrected chi connectivity index (χ4v) is 6.10. The number of halogens is 1. The number of sulfonamides is 1. The summed E-state index contributed by atoms with van der Waals surface area (Å²) in [4.78, 5) is 11.6. The number of nitrogens with one attached hydrogen (secondary N) is 1. The van der Waals surface area contributed by atoms with Gasteiger partial charge in [-0.2, -0.15) is 4.31 Å². The van der Waals surface area contributed by atoms with Gasteiger partial charge in [-0.05, 0) is 47.3 Å². The topological polar surface area (TPSA) is 66.5 Å². The van der Waals surface area contributed by atoms with Crippen LogP contribution in [-0.4, -0.2) is 38.8 Å². The molecule has 1 saturated heterocycles. The summed E-state index contributed by atoms with van der Waals surface area (Å²) >= 11 is 4.59. The molecule has 0 radical (unpaired) electrons. The number of aryl methyl sites for hydroxylation is 1. The van der Waals surface area contributed by atoms with Crippen LogP contribution in [0.2, 0.25) is 0 Å². The van der Waals surface area contributed by atoms with Crippen LogP contribution in [0.5, 0.6) is 0 Å². The summed E-state index contributed by atoms with van der Waals surface area (Å²) in [5, 5.41) is 2.62. The second-order valence-electron chi connectivity index (χ2n) is 4.81. The Morgan fingerprint density at radius 3 is 2.50 bits per heavy atom. The minimum atomic E-state index is -3.43. The minimum Gasteiger partial charge on any atom is -0.359 e. The van der Waals surface area contributed by atoms with Gasteiger partial charge in [0.1, 0.15) is 4.21 Å². The third kappa shape index (κ3) is 3.08. The molecule has 0 bridgehead atoms. The Hall–Kier alpha value is -0.440. The van der Waals surface area contributed by atoms with Gasteiger partial charge in [-0.3, -0.25) is 4.79 Å². The molecule has 2 rings (SSSR count). The second-order valence-corrected chi connectivity index (χ2v) is 9.35. The molecular weight excluding hydrogens is 364 g/mol. The van der Waals surface area contributed by atoms with Crippen LogP contribution in [0.25, 0.3) is 0 Å². The number of hydrogen-bond acceptors (Lipinski definition) is 4. The maximum atomic E-state index is 12.5. The van der Waals surface area contributed by atoms with E-state index in [4.69, 9.17) is 0 Å². The highest BCUT2D eigenvalue weighted by Gasteiger charge is 2.32. The Morgan fingerprint density at radius 2 is 2.05 bits per heavy atom. The van der Waals surface area contributed by atoms with E-state index in [0.717, 1.165) is 9.35 Å². The van der Waals surface area contributed by atoms with E-state index in [2.05, 4.69) is 21.2 Å². The second kappa shape index (κ2) is 6.13. The van der Waals surface area contributed by atoms with E-state index in [-0.39, 0.29) is 11.8 Å². The number of amides is 1. The number of piperidine rings is 1. The first kappa shape index (κ1) is 15.9. The van der Waals surface area contributed by atoms with E-state index in [0.29, 0.717) is 30.1 Å². The van der Waals surface area contributed by atoms with Crippen LogP contribution in [0, 0.1) is 12.8 Å². The van der Waals surface area contributed by atoms with Gasteiger partial charge in [0.05, 0.1) is 3.79 Å². The fourth-order valence-electron chi connectivity index (χ4n) is 2.25. The molecule has 2 heterocycles. The number of rotatable bonds is 3. The normalized spacial score (nSPS) is 18.1. The molecule has 0 aromatic carbocycles. The molecule has 1 N–H and O–H groups in total. The van der Waals surface area contributed by atoms with Gasteiger partial charge in [0, 0.05) is 26.1 Å². The van der Waals surface area contributed by atoms with Gasteiger partial charge >= 0.3 is 0 Å². The van der Waals surface area contributed by atoms with E-state index in [9.17, 15) is 13.2 Å². The Kier molecular flexibility index (Phi) is 4.88. The molecule has 1 aliphatic heterocycles. The van der Waals surface area contributed by atoms with Gasteiger partial charge in [0.25, 0.3) is 10.0 Å². The lowest BCUT2D eigenvalue weighted by Crippen LogP contribution is -2.42. The van der Waals surface area contributed by atoms with Gasteiger partial charge in [-0.15, -0.1) is 11.3 Å². The summed E-state index contributed by atoms with van der Waals surface area (Å²) in [6, 6.07) is 1.69. The predicted octanol–water partition coefficient (Wildman–Crippen LogP) is 1.97. The molecule has 0 aliphatic carbocycles. The highest BCUT2D eigenvalue weighted by molar-refractivity contribution is 9.11. The zero-order valence-electron chi connectivity index (χ0n) is 11.3. The lowest BCUT2D eigenvalue weighted by atomic mass is 9.97. The van der Waals surface area contributed by atoms with Crippen LogP contribution in [0.4, 0.5) is 0 Å². The monoisotopic (exact) mass is 380 g/mol. The molecule has 5 nitrogen and oxygen atoms in total. The van der Waals surface area contributed by atoms with Crippen LogP contribution in [0.1, 0.15) is 18.4 Å². The molecule has 0 spiro atoms. The van der Waals surface area contributed by atoms with Crippen molar-refractivity contribution in [3.63, 3.8) is 0 Å². The summed E-state index contributed by atoms with van der Waals surface area (Å²) in [6.45, 7) is 2.67. The van der Waals surface area contributed by atoms with Gasteiger partial charge in [0.2, 0.25) is 5.91 Å². The summed E-state index contributed by atoms with van der Waals surface area (Å²) in [7, 11) is -1.82. The van der Waals surface area contributed by atoms with Crippen molar-refractivity contribution in [1.29, 1.82) is 0 Å². The molecular formula is C12H17BrN2O3S2. The number of hydrogen-bond donors (Lipinski definition) is 1. The molecule has 1 aromatic rings. The molecule has 8 heteroatoms. The Labute approximate surface area is 131 Å². The zero-order valence-corrected chi connectivity index (χ0v) is 14.6. The standard InChI is InChI=1S/C12H17BrN2O3S2/c1-8-7-10(19-11(8)13)20(17,18)15-5-3-9(4-6-15)12(16)14-2/h7,9H,3-6H2,1-2H3,(H,14,16). The first-order valence-corrected chi connectivity index (χ1v) is 9.39. The third-order valence-electron chi connectivity index (χ3n) is 3.50. The molecule has 1 aromatic heterocycles. The van der Waals surface area contributed by atoms with Crippen molar-refractivity contribution in [2.45, 2.75) is 24.0 Å². The first-order valence-electron chi connectivity index (χ1n) is 6.34. The lowest BCUT2D eigenvalue weighted by Gasteiger charge is -2.29. The number of carbonyl (C=O) groups excluding carboxylic acids is 1. The van der Waals surface area contributed by atoms with Crippen LogP contribution < -0.4 is 5.32 Å². The average molecular weight is 381 g/mol. The van der Waals surface area contributed by atoms with E-state index < -0.39 is 10.0 Å². The van der Waals surface area contributed by atoms with E-state index in [1.807, 2.05) is 6.92 Å². The van der Waals surface area contributed by atoms with E-state index in [1.165, 1.54) is 15.6 Å². The Balaban J connectivity index is 2.11. The molecule has 1 fully saturated rings. The van der Waals surface area contributed by atoms with Gasteiger partial charge in [0.15, 0.2) is 0 Å². The van der Waals surface area contributed by atoms with Crippen molar-refractivity contribution >= 4 is 43.2 Å². The first-order chi connectivity index (χ1) is 9.36. The quantitative estimate of drug-likeness (QED) is 0.871. The zero-order chi connectivity index (χ0) is 14.9. The molecule has 112 valence electrons. The lowest BCUT2D eigenvalue weighted by molar-refractivity contribution is -0.125. The number of thiophene rings is 1. The maximum absolute atomic E-state index is 12.5. The summed E-state index contributed by atoms with van der Waals surface area (Å²) in [6.07, 6.45) is 1.15. The molecule has 0 unspecified atom stereocenters. The van der Waals surface area contributed by atoms with Crippen LogP contribution in [-0.2, 0) is 14.8 Å². The van der Waals surface area contributed by atoms with Crippen LogP contribution >= 0.6 is 27.3 Å². The van der Waals surface area contributed by atoms with Crippen molar-refractivity contribution in [1.82, 2.24) is 9.62 Å². The average Bonchev–Trinajstić information content (AvgIpc) is 2.78. The molecule has 1 aliphatic rings. The highest BCUT2D eigenvalue weighted by Crippen LogP contribution is 2.33. The largest absolute Gasteiger partial charge is 0.359 e. The van der Waals surface area contributed by atoms with Crippen molar-refractivity contribution in [3.05, 3.63) is 15.4 Å². The third-order valence-corrected chi connectivity index (χ3v) is 7.98. The maximum Gasteiger partial charge on any atom is 0.252 e. The smallest absolute Gasteiger partial charge is 0.252 e. The predicted molar refractivity (Wildman–Crippen MR) is 82.3 cm³/mol. The number of carbonyl (C=O) groups is 1. The Bertz CT molecular complexity index is 585. The van der Waals surface area contributed by atoms with Crippen molar-refractivity contribution in [2.24, 2.45) is 5.92 Å². The summed E-state index contributed by atoms with van der Waals surface area (Å²) in [5.41, 5.74) is 0.925. The van der Waals surface area contributed by atoms with Gasteiger partial charge in [-0.25, -0.2) is 8.42 Å². The van der Waals surface area contributed by atoms with E-state index in [1.54, 1.807) is 13.1 Å². The summed E-state index contributed by atoms with van der Waals surface area (Å²) in [5.74, 6) is -0.0833. The number of nitrogens with zero attached hydrogens (tertiary/aromatic N) is 1. The summed E-state index contributed by atoms with van der Waals surface area (Å²) < 4.78 is 27.7. The van der Waals surface area contributed by atoms with Crippen molar-refractivity contribution in [3.8, 4) is 0 Å². The van der Waals surface area contributed by atoms with E-state index >= 15 is 0 Å². The highest BCUT2D eigenvalue weighted by atomic mass is 79.9. The molecule has 1 amide bonds. The van der Waals surface area contributed by atoms with Crippen molar-refractivity contribution < 1.29 is 13.2 Å². The van der Waals surface area contributed by atoms with Crippen LogP contribution in [0.3, 0.4) is 0 Å². The van der Waals surface area contributed by atoms with Gasteiger partial charge < -0.3 is 5.32 Å². The van der Waals surface area contributed by atoms with Gasteiger partial charge in [-0.1, -0.05) is 0 Å². The minimum absolute atomic E-state index is 0.00300. The Morgan fingerprint density at radius 1 is 1.45 bits per heavy atom. The van der Waals surface area contributed by atoms with Crippen molar-refractivity contribution in [2.75, 3.05) is 20.1 Å². The SMILES string of the molecule is CNC(=O)C1CCN(S(=O)(=O)c2cc(C)c(Br)s2)CC1. The van der Waals surface area contributed by atoms with Crippen LogP contribution in [0.15, 0.2) is 14.1 Å². The molecule has 0 atom stereocenters. The fraction of sp³-hybridized carbons (Fsp3) is 0.583.